The van der Waals surface area contributed by atoms with E-state index in [9.17, 15) is 4.79 Å². The zero-order chi connectivity index (χ0) is 13.8. The molecular weight excluding hydrogens is 228 g/mol. The Morgan fingerprint density at radius 2 is 1.94 bits per heavy atom. The van der Waals surface area contributed by atoms with Crippen molar-refractivity contribution < 1.29 is 9.90 Å². The molecule has 0 rings (SSSR count). The summed E-state index contributed by atoms with van der Waals surface area (Å²) >= 11 is 0. The molecule has 0 saturated heterocycles. The molecule has 2 N–H and O–H groups in total. The van der Waals surface area contributed by atoms with Gasteiger partial charge < -0.3 is 15.3 Å². The fraction of sp³-hybridized carbons (Fsp3) is 0.929. The second-order valence-corrected chi connectivity index (χ2v) is 4.83. The summed E-state index contributed by atoms with van der Waals surface area (Å²) in [6.07, 6.45) is 5.13. The lowest BCUT2D eigenvalue weighted by Gasteiger charge is -2.23. The first kappa shape index (κ1) is 17.4. The van der Waals surface area contributed by atoms with E-state index in [4.69, 9.17) is 5.11 Å². The van der Waals surface area contributed by atoms with Gasteiger partial charge in [-0.05, 0) is 19.9 Å². The quantitative estimate of drug-likeness (QED) is 0.555. The van der Waals surface area contributed by atoms with E-state index < -0.39 is 0 Å². The van der Waals surface area contributed by atoms with Gasteiger partial charge in [-0.3, -0.25) is 4.79 Å². The van der Waals surface area contributed by atoms with Crippen molar-refractivity contribution in [2.24, 2.45) is 0 Å². The van der Waals surface area contributed by atoms with Gasteiger partial charge in [-0.15, -0.1) is 0 Å². The minimum atomic E-state index is 0.0507. The number of nitrogens with zero attached hydrogens (tertiary/aromatic N) is 1. The Kier molecular flexibility index (Phi) is 11.1. The number of aliphatic hydroxyl groups excluding tert-OH is 1. The highest BCUT2D eigenvalue weighted by molar-refractivity contribution is 5.76. The Morgan fingerprint density at radius 1 is 1.22 bits per heavy atom. The van der Waals surface area contributed by atoms with Crippen molar-refractivity contribution in [3.63, 3.8) is 0 Å². The van der Waals surface area contributed by atoms with Gasteiger partial charge in [0, 0.05) is 25.6 Å². The third kappa shape index (κ3) is 8.48. The van der Waals surface area contributed by atoms with Crippen LogP contribution in [0.5, 0.6) is 0 Å². The zero-order valence-electron chi connectivity index (χ0n) is 12.2. The van der Waals surface area contributed by atoms with Crippen LogP contribution in [-0.2, 0) is 4.79 Å². The Morgan fingerprint density at radius 3 is 2.50 bits per heavy atom. The molecule has 0 aromatic carbocycles. The largest absolute Gasteiger partial charge is 0.395 e. The van der Waals surface area contributed by atoms with Crippen LogP contribution in [0.3, 0.4) is 0 Å². The van der Waals surface area contributed by atoms with Crippen LogP contribution in [0.4, 0.5) is 0 Å². The molecule has 1 unspecified atom stereocenters. The Bertz CT molecular complexity index is 210. The lowest BCUT2D eigenvalue weighted by atomic mass is 10.1. The smallest absolute Gasteiger partial charge is 0.224 e. The van der Waals surface area contributed by atoms with Crippen LogP contribution in [0.1, 0.15) is 52.9 Å². The molecule has 0 heterocycles. The number of hydrogen-bond acceptors (Lipinski definition) is 3. The number of carbonyl (C=O) groups excluding carboxylic acids is 1. The van der Waals surface area contributed by atoms with E-state index in [1.54, 1.807) is 4.90 Å². The summed E-state index contributed by atoms with van der Waals surface area (Å²) in [5.74, 6) is 0.147. The molecule has 0 aliphatic carbocycles. The molecule has 0 bridgehead atoms. The molecule has 1 atom stereocenters. The van der Waals surface area contributed by atoms with Crippen molar-refractivity contribution in [2.45, 2.75) is 58.9 Å². The van der Waals surface area contributed by atoms with Crippen molar-refractivity contribution >= 4 is 5.91 Å². The molecule has 0 aromatic heterocycles. The van der Waals surface area contributed by atoms with Gasteiger partial charge in [0.25, 0.3) is 0 Å². The molecule has 0 spiro atoms. The van der Waals surface area contributed by atoms with Crippen molar-refractivity contribution in [1.82, 2.24) is 10.2 Å². The third-order valence-electron chi connectivity index (χ3n) is 3.04. The van der Waals surface area contributed by atoms with Gasteiger partial charge in [-0.2, -0.15) is 0 Å². The maximum absolute atomic E-state index is 12.1. The van der Waals surface area contributed by atoms with E-state index in [-0.39, 0.29) is 18.6 Å². The standard InChI is InChI=1S/C14H30N2O2/c1-4-6-7-8-9-16(10-11-17)14(18)12-13(3)15-5-2/h13,15,17H,4-12H2,1-3H3. The first-order chi connectivity index (χ1) is 8.65. The summed E-state index contributed by atoms with van der Waals surface area (Å²) in [4.78, 5) is 13.9. The fourth-order valence-electron chi connectivity index (χ4n) is 2.02. The number of unbranched alkanes of at least 4 members (excludes halogenated alkanes) is 3. The molecule has 0 aromatic rings. The van der Waals surface area contributed by atoms with Crippen LogP contribution in [-0.4, -0.2) is 48.2 Å². The van der Waals surface area contributed by atoms with Crippen LogP contribution < -0.4 is 5.32 Å². The SMILES string of the molecule is CCCCCCN(CCO)C(=O)CC(C)NCC. The van der Waals surface area contributed by atoms with Crippen LogP contribution in [0.15, 0.2) is 0 Å². The van der Waals surface area contributed by atoms with Crippen molar-refractivity contribution in [1.29, 1.82) is 0 Å². The Labute approximate surface area is 112 Å². The molecule has 0 aliphatic rings. The highest BCUT2D eigenvalue weighted by Crippen LogP contribution is 2.04. The highest BCUT2D eigenvalue weighted by atomic mass is 16.3. The van der Waals surface area contributed by atoms with Gasteiger partial charge in [-0.1, -0.05) is 33.1 Å². The van der Waals surface area contributed by atoms with E-state index in [0.29, 0.717) is 13.0 Å². The highest BCUT2D eigenvalue weighted by Gasteiger charge is 2.15. The zero-order valence-corrected chi connectivity index (χ0v) is 12.2. The van der Waals surface area contributed by atoms with Crippen LogP contribution in [0.25, 0.3) is 0 Å². The topological polar surface area (TPSA) is 52.6 Å². The van der Waals surface area contributed by atoms with Gasteiger partial charge in [-0.25, -0.2) is 0 Å². The number of hydrogen-bond donors (Lipinski definition) is 2. The fourth-order valence-corrected chi connectivity index (χ4v) is 2.02. The molecule has 18 heavy (non-hydrogen) atoms. The van der Waals surface area contributed by atoms with Crippen molar-refractivity contribution in [3.05, 3.63) is 0 Å². The molecular formula is C14H30N2O2. The number of aliphatic hydroxyl groups is 1. The summed E-state index contributed by atoms with van der Waals surface area (Å²) < 4.78 is 0. The van der Waals surface area contributed by atoms with Crippen molar-refractivity contribution in [2.75, 3.05) is 26.2 Å². The molecule has 1 amide bonds. The van der Waals surface area contributed by atoms with Crippen LogP contribution >= 0.6 is 0 Å². The average molecular weight is 258 g/mol. The Hall–Kier alpha value is -0.610. The first-order valence-corrected chi connectivity index (χ1v) is 7.27. The number of amides is 1. The predicted octanol–water partition coefficient (Wildman–Crippen LogP) is 1.78. The first-order valence-electron chi connectivity index (χ1n) is 7.27. The molecule has 4 nitrogen and oxygen atoms in total. The van der Waals surface area contributed by atoms with E-state index in [0.717, 1.165) is 25.9 Å². The molecule has 0 saturated carbocycles. The second-order valence-electron chi connectivity index (χ2n) is 4.83. The van der Waals surface area contributed by atoms with Gasteiger partial charge in [0.15, 0.2) is 0 Å². The van der Waals surface area contributed by atoms with E-state index >= 15 is 0 Å². The maximum atomic E-state index is 12.1. The summed E-state index contributed by atoms with van der Waals surface area (Å²) in [6.45, 7) is 8.41. The molecule has 0 fully saturated rings. The second kappa shape index (κ2) is 11.5. The van der Waals surface area contributed by atoms with Gasteiger partial charge in [0.1, 0.15) is 0 Å². The third-order valence-corrected chi connectivity index (χ3v) is 3.04. The van der Waals surface area contributed by atoms with Crippen molar-refractivity contribution in [3.8, 4) is 0 Å². The van der Waals surface area contributed by atoms with Crippen LogP contribution in [0.2, 0.25) is 0 Å². The minimum absolute atomic E-state index is 0.0507. The number of nitrogens with one attached hydrogen (secondary N) is 1. The lowest BCUT2D eigenvalue weighted by molar-refractivity contribution is -0.132. The van der Waals surface area contributed by atoms with Gasteiger partial charge in [0.05, 0.1) is 6.61 Å². The number of rotatable bonds is 11. The normalized spacial score (nSPS) is 12.4. The molecule has 4 heteroatoms. The minimum Gasteiger partial charge on any atom is -0.395 e. The summed E-state index contributed by atoms with van der Waals surface area (Å²) in [6, 6.07) is 0.208. The summed E-state index contributed by atoms with van der Waals surface area (Å²) in [7, 11) is 0. The lowest BCUT2D eigenvalue weighted by Crippen LogP contribution is -2.39. The van der Waals surface area contributed by atoms with E-state index in [1.807, 2.05) is 13.8 Å². The van der Waals surface area contributed by atoms with E-state index in [2.05, 4.69) is 12.2 Å². The molecule has 0 radical (unpaired) electrons. The molecule has 0 aliphatic heterocycles. The van der Waals surface area contributed by atoms with E-state index in [1.165, 1.54) is 12.8 Å². The number of carbonyl (C=O) groups is 1. The van der Waals surface area contributed by atoms with Crippen LogP contribution in [0, 0.1) is 0 Å². The molecule has 108 valence electrons. The van der Waals surface area contributed by atoms with Gasteiger partial charge in [0.2, 0.25) is 5.91 Å². The average Bonchev–Trinajstić information content (AvgIpc) is 2.33. The van der Waals surface area contributed by atoms with Gasteiger partial charge >= 0.3 is 0 Å². The monoisotopic (exact) mass is 258 g/mol. The predicted molar refractivity (Wildman–Crippen MR) is 75.6 cm³/mol. The Balaban J connectivity index is 4.01. The summed E-state index contributed by atoms with van der Waals surface area (Å²) in [5.41, 5.74) is 0. The summed E-state index contributed by atoms with van der Waals surface area (Å²) in [5, 5.41) is 12.3. The maximum Gasteiger partial charge on any atom is 0.224 e.